The fourth-order valence-corrected chi connectivity index (χ4v) is 2.64. The summed E-state index contributed by atoms with van der Waals surface area (Å²) in [4.78, 5) is 14.4. The van der Waals surface area contributed by atoms with Crippen LogP contribution in [-0.4, -0.2) is 28.7 Å². The van der Waals surface area contributed by atoms with Crippen molar-refractivity contribution in [2.24, 2.45) is 5.41 Å². The molecule has 0 saturated carbocycles. The third-order valence-electron chi connectivity index (χ3n) is 3.53. The van der Waals surface area contributed by atoms with Crippen LogP contribution in [0.5, 0.6) is 0 Å². The van der Waals surface area contributed by atoms with E-state index in [0.29, 0.717) is 11.9 Å². The zero-order chi connectivity index (χ0) is 11.5. The second-order valence-electron chi connectivity index (χ2n) is 5.04. The summed E-state index contributed by atoms with van der Waals surface area (Å²) in [5, 5.41) is 0.915. The largest absolute Gasteiger partial charge is 0.338 e. The van der Waals surface area contributed by atoms with Crippen LogP contribution in [0.15, 0.2) is 0 Å². The molecule has 1 rings (SSSR count). The molecule has 2 nitrogen and oxygen atoms in total. The molecule has 1 atom stereocenters. The number of nitrogens with zero attached hydrogens (tertiary/aromatic N) is 1. The molecule has 1 saturated heterocycles. The maximum Gasteiger partial charge on any atom is 0.228 e. The molecule has 1 aliphatic heterocycles. The van der Waals surface area contributed by atoms with Gasteiger partial charge in [0.05, 0.1) is 0 Å². The number of piperidine rings is 1. The first-order chi connectivity index (χ1) is 7.03. The molecular formula is C12H22BrNO. The van der Waals surface area contributed by atoms with E-state index in [1.54, 1.807) is 0 Å². The molecule has 1 aliphatic rings. The van der Waals surface area contributed by atoms with Crippen molar-refractivity contribution in [2.45, 2.75) is 52.5 Å². The van der Waals surface area contributed by atoms with Crippen LogP contribution in [0.25, 0.3) is 0 Å². The Bertz CT molecular complexity index is 228. The van der Waals surface area contributed by atoms with E-state index in [1.165, 1.54) is 6.42 Å². The molecule has 0 aromatic heterocycles. The van der Waals surface area contributed by atoms with Gasteiger partial charge >= 0.3 is 0 Å². The quantitative estimate of drug-likeness (QED) is 0.725. The van der Waals surface area contributed by atoms with E-state index in [-0.39, 0.29) is 5.41 Å². The lowest BCUT2D eigenvalue weighted by atomic mass is 9.87. The minimum Gasteiger partial charge on any atom is -0.338 e. The zero-order valence-electron chi connectivity index (χ0n) is 10.1. The summed E-state index contributed by atoms with van der Waals surface area (Å²) in [7, 11) is 0. The summed E-state index contributed by atoms with van der Waals surface area (Å²) in [6, 6.07) is 0.414. The molecule has 1 fully saturated rings. The highest BCUT2D eigenvalue weighted by molar-refractivity contribution is 9.09. The van der Waals surface area contributed by atoms with Crippen LogP contribution < -0.4 is 0 Å². The molecule has 0 aliphatic carbocycles. The van der Waals surface area contributed by atoms with Crippen LogP contribution >= 0.6 is 15.9 Å². The average Bonchev–Trinajstić information content (AvgIpc) is 2.28. The van der Waals surface area contributed by atoms with Crippen molar-refractivity contribution in [2.75, 3.05) is 11.9 Å². The van der Waals surface area contributed by atoms with Crippen molar-refractivity contribution in [3.05, 3.63) is 0 Å². The number of halogens is 1. The van der Waals surface area contributed by atoms with Gasteiger partial charge in [0.1, 0.15) is 0 Å². The number of carbonyl (C=O) groups excluding carboxylic acids is 1. The Balaban J connectivity index is 2.72. The SMILES string of the molecule is CCC(C)(C)C(=O)N1CCCCC1CBr. The van der Waals surface area contributed by atoms with E-state index in [0.717, 1.165) is 31.1 Å². The van der Waals surface area contributed by atoms with Gasteiger partial charge in [0.2, 0.25) is 5.91 Å². The summed E-state index contributed by atoms with van der Waals surface area (Å²) in [6.45, 7) is 7.13. The van der Waals surface area contributed by atoms with E-state index in [9.17, 15) is 4.79 Å². The summed E-state index contributed by atoms with van der Waals surface area (Å²) in [5.41, 5.74) is -0.197. The topological polar surface area (TPSA) is 20.3 Å². The van der Waals surface area contributed by atoms with Crippen LogP contribution in [0.3, 0.4) is 0 Å². The fraction of sp³-hybridized carbons (Fsp3) is 0.917. The van der Waals surface area contributed by atoms with Gasteiger partial charge in [-0.05, 0) is 25.7 Å². The lowest BCUT2D eigenvalue weighted by Gasteiger charge is -2.39. The summed E-state index contributed by atoms with van der Waals surface area (Å²) in [6.07, 6.45) is 4.48. The Labute approximate surface area is 102 Å². The molecule has 0 N–H and O–H groups in total. The Morgan fingerprint density at radius 1 is 1.47 bits per heavy atom. The monoisotopic (exact) mass is 275 g/mol. The maximum absolute atomic E-state index is 12.3. The number of carbonyl (C=O) groups is 1. The normalized spacial score (nSPS) is 22.9. The Morgan fingerprint density at radius 2 is 2.13 bits per heavy atom. The first kappa shape index (κ1) is 13.0. The molecule has 0 bridgehead atoms. The fourth-order valence-electron chi connectivity index (χ4n) is 1.97. The minimum atomic E-state index is -0.197. The van der Waals surface area contributed by atoms with Crippen molar-refractivity contribution >= 4 is 21.8 Å². The van der Waals surface area contributed by atoms with Crippen LogP contribution in [0.1, 0.15) is 46.5 Å². The molecule has 1 unspecified atom stereocenters. The third-order valence-corrected chi connectivity index (χ3v) is 4.28. The van der Waals surface area contributed by atoms with E-state index in [1.807, 2.05) is 0 Å². The molecule has 0 radical (unpaired) electrons. The first-order valence-electron chi connectivity index (χ1n) is 5.90. The highest BCUT2D eigenvalue weighted by Gasteiger charge is 2.34. The average molecular weight is 276 g/mol. The number of hydrogen-bond acceptors (Lipinski definition) is 1. The van der Waals surface area contributed by atoms with Crippen molar-refractivity contribution in [3.63, 3.8) is 0 Å². The van der Waals surface area contributed by atoms with Crippen molar-refractivity contribution in [1.82, 2.24) is 4.90 Å². The van der Waals surface area contributed by atoms with Crippen LogP contribution in [-0.2, 0) is 4.79 Å². The van der Waals surface area contributed by atoms with Crippen molar-refractivity contribution < 1.29 is 4.79 Å². The van der Waals surface area contributed by atoms with E-state index >= 15 is 0 Å². The van der Waals surface area contributed by atoms with Crippen LogP contribution in [0, 0.1) is 5.41 Å². The van der Waals surface area contributed by atoms with Gasteiger partial charge in [0.25, 0.3) is 0 Å². The lowest BCUT2D eigenvalue weighted by Crippen LogP contribution is -2.49. The predicted octanol–water partition coefficient (Wildman–Crippen LogP) is 3.20. The van der Waals surface area contributed by atoms with Gasteiger partial charge in [-0.25, -0.2) is 0 Å². The Kier molecular flexibility index (Phi) is 4.63. The third kappa shape index (κ3) is 2.96. The standard InChI is InChI=1S/C12H22BrNO/c1-4-12(2,3)11(15)14-8-6-5-7-10(14)9-13/h10H,4-9H2,1-3H3. The van der Waals surface area contributed by atoms with Gasteiger partial charge in [-0.2, -0.15) is 0 Å². The molecule has 0 aromatic rings. The summed E-state index contributed by atoms with van der Waals surface area (Å²) in [5.74, 6) is 0.328. The molecular weight excluding hydrogens is 254 g/mol. The predicted molar refractivity (Wildman–Crippen MR) is 67.2 cm³/mol. The number of rotatable bonds is 3. The number of hydrogen-bond donors (Lipinski definition) is 0. The second-order valence-corrected chi connectivity index (χ2v) is 5.69. The van der Waals surface area contributed by atoms with Crippen LogP contribution in [0.2, 0.25) is 0 Å². The highest BCUT2D eigenvalue weighted by Crippen LogP contribution is 2.28. The molecule has 15 heavy (non-hydrogen) atoms. The van der Waals surface area contributed by atoms with Crippen molar-refractivity contribution in [1.29, 1.82) is 0 Å². The smallest absolute Gasteiger partial charge is 0.228 e. The number of likely N-dealkylation sites (tertiary alicyclic amines) is 1. The Hall–Kier alpha value is -0.0500. The van der Waals surface area contributed by atoms with Gasteiger partial charge in [-0.3, -0.25) is 4.79 Å². The van der Waals surface area contributed by atoms with Gasteiger partial charge in [0, 0.05) is 23.3 Å². The van der Waals surface area contributed by atoms with Crippen molar-refractivity contribution in [3.8, 4) is 0 Å². The van der Waals surface area contributed by atoms with Gasteiger partial charge < -0.3 is 4.90 Å². The first-order valence-corrected chi connectivity index (χ1v) is 7.02. The zero-order valence-corrected chi connectivity index (χ0v) is 11.6. The molecule has 3 heteroatoms. The second kappa shape index (κ2) is 5.33. The summed E-state index contributed by atoms with van der Waals surface area (Å²) < 4.78 is 0. The summed E-state index contributed by atoms with van der Waals surface area (Å²) >= 11 is 3.51. The van der Waals surface area contributed by atoms with Gasteiger partial charge in [-0.1, -0.05) is 36.7 Å². The molecule has 0 aromatic carbocycles. The van der Waals surface area contributed by atoms with Gasteiger partial charge in [-0.15, -0.1) is 0 Å². The van der Waals surface area contributed by atoms with Gasteiger partial charge in [0.15, 0.2) is 0 Å². The van der Waals surface area contributed by atoms with Crippen LogP contribution in [0.4, 0.5) is 0 Å². The van der Waals surface area contributed by atoms with E-state index in [4.69, 9.17) is 0 Å². The number of amides is 1. The minimum absolute atomic E-state index is 0.197. The Morgan fingerprint density at radius 3 is 2.67 bits per heavy atom. The highest BCUT2D eigenvalue weighted by atomic mass is 79.9. The number of alkyl halides is 1. The maximum atomic E-state index is 12.3. The van der Waals surface area contributed by atoms with E-state index < -0.39 is 0 Å². The molecule has 1 amide bonds. The molecule has 1 heterocycles. The molecule has 0 spiro atoms. The molecule has 88 valence electrons. The van der Waals surface area contributed by atoms with E-state index in [2.05, 4.69) is 41.6 Å². The lowest BCUT2D eigenvalue weighted by molar-refractivity contribution is -0.143.